The zero-order valence-electron chi connectivity index (χ0n) is 9.71. The predicted octanol–water partition coefficient (Wildman–Crippen LogP) is 3.91. The van der Waals surface area contributed by atoms with E-state index in [0.717, 1.165) is 24.8 Å². The van der Waals surface area contributed by atoms with Crippen molar-refractivity contribution in [3.05, 3.63) is 46.3 Å². The first-order valence-electron chi connectivity index (χ1n) is 6.01. The molecule has 0 amide bonds. The largest absolute Gasteiger partial charge is 0.0941 e. The zero-order valence-corrected chi connectivity index (χ0v) is 9.71. The molecule has 0 bridgehead atoms. The van der Waals surface area contributed by atoms with Crippen molar-refractivity contribution in [1.82, 2.24) is 0 Å². The molecule has 1 aliphatic carbocycles. The van der Waals surface area contributed by atoms with E-state index >= 15 is 0 Å². The topological polar surface area (TPSA) is 48.8 Å². The summed E-state index contributed by atoms with van der Waals surface area (Å²) in [4.78, 5) is 2.92. The molecule has 0 spiro atoms. The fourth-order valence-electron chi connectivity index (χ4n) is 2.18. The van der Waals surface area contributed by atoms with Crippen LogP contribution in [0, 0.1) is 17.8 Å². The van der Waals surface area contributed by atoms with Crippen LogP contribution in [0.5, 0.6) is 0 Å². The molecule has 17 heavy (non-hydrogen) atoms. The molecule has 86 valence electrons. The maximum Gasteiger partial charge on any atom is 0.0511 e. The molecular formula is C14H15N3. The number of hydrogen-bond donors (Lipinski definition) is 0. The Labute approximate surface area is 101 Å². The molecule has 0 aromatic heterocycles. The van der Waals surface area contributed by atoms with Crippen molar-refractivity contribution in [3.8, 4) is 11.8 Å². The summed E-state index contributed by atoms with van der Waals surface area (Å²) in [6.45, 7) is 0. The Hall–Kier alpha value is -1.91. The summed E-state index contributed by atoms with van der Waals surface area (Å²) >= 11 is 0. The maximum atomic E-state index is 8.53. The van der Waals surface area contributed by atoms with Crippen LogP contribution in [0.1, 0.15) is 31.2 Å². The molecule has 1 saturated carbocycles. The van der Waals surface area contributed by atoms with Crippen LogP contribution in [-0.2, 0) is 0 Å². The number of hydrogen-bond acceptors (Lipinski definition) is 1. The summed E-state index contributed by atoms with van der Waals surface area (Å²) in [5.41, 5.74) is 9.56. The average Bonchev–Trinajstić information content (AvgIpc) is 2.39. The van der Waals surface area contributed by atoms with Gasteiger partial charge in [0.15, 0.2) is 0 Å². The predicted molar refractivity (Wildman–Crippen MR) is 68.2 cm³/mol. The fourth-order valence-corrected chi connectivity index (χ4v) is 2.18. The molecule has 0 saturated heterocycles. The highest BCUT2D eigenvalue weighted by atomic mass is 15.1. The van der Waals surface area contributed by atoms with Crippen LogP contribution in [-0.4, -0.2) is 6.04 Å². The molecule has 1 aliphatic rings. The normalized spacial score (nSPS) is 23.1. The van der Waals surface area contributed by atoms with Crippen molar-refractivity contribution in [1.29, 1.82) is 0 Å². The molecule has 2 atom stereocenters. The summed E-state index contributed by atoms with van der Waals surface area (Å²) in [5, 5.41) is 3.86. The third kappa shape index (κ3) is 3.27. The van der Waals surface area contributed by atoms with Crippen LogP contribution in [0.2, 0.25) is 0 Å². The summed E-state index contributed by atoms with van der Waals surface area (Å²) in [7, 11) is 0. The lowest BCUT2D eigenvalue weighted by Crippen LogP contribution is -2.21. The van der Waals surface area contributed by atoms with Crippen LogP contribution in [0.25, 0.3) is 10.4 Å². The van der Waals surface area contributed by atoms with Gasteiger partial charge in [0, 0.05) is 16.4 Å². The van der Waals surface area contributed by atoms with Gasteiger partial charge in [-0.1, -0.05) is 48.0 Å². The number of azide groups is 1. The molecule has 1 aromatic carbocycles. The van der Waals surface area contributed by atoms with E-state index in [2.05, 4.69) is 21.9 Å². The van der Waals surface area contributed by atoms with Gasteiger partial charge in [-0.05, 0) is 30.5 Å². The van der Waals surface area contributed by atoms with Gasteiger partial charge < -0.3 is 0 Å². The Bertz CT molecular complexity index is 463. The molecule has 3 nitrogen and oxygen atoms in total. The van der Waals surface area contributed by atoms with Crippen LogP contribution in [0.4, 0.5) is 0 Å². The van der Waals surface area contributed by atoms with E-state index in [1.165, 1.54) is 6.42 Å². The number of benzene rings is 1. The van der Waals surface area contributed by atoms with E-state index in [0.29, 0.717) is 0 Å². The van der Waals surface area contributed by atoms with E-state index in [-0.39, 0.29) is 12.0 Å². The highest BCUT2D eigenvalue weighted by Gasteiger charge is 2.22. The summed E-state index contributed by atoms with van der Waals surface area (Å²) in [6.07, 6.45) is 4.35. The Morgan fingerprint density at radius 2 is 1.94 bits per heavy atom. The van der Waals surface area contributed by atoms with Gasteiger partial charge in [-0.3, -0.25) is 0 Å². The average molecular weight is 225 g/mol. The third-order valence-electron chi connectivity index (χ3n) is 3.11. The van der Waals surface area contributed by atoms with Gasteiger partial charge in [0.25, 0.3) is 0 Å². The highest BCUT2D eigenvalue weighted by Crippen LogP contribution is 2.26. The molecule has 2 unspecified atom stereocenters. The lowest BCUT2D eigenvalue weighted by atomic mass is 9.85. The van der Waals surface area contributed by atoms with Crippen LogP contribution >= 0.6 is 0 Å². The lowest BCUT2D eigenvalue weighted by molar-refractivity contribution is 0.371. The Balaban J connectivity index is 2.11. The van der Waals surface area contributed by atoms with Crippen molar-refractivity contribution < 1.29 is 0 Å². The summed E-state index contributed by atoms with van der Waals surface area (Å²) < 4.78 is 0. The third-order valence-corrected chi connectivity index (χ3v) is 3.11. The Morgan fingerprint density at radius 1 is 1.18 bits per heavy atom. The first-order valence-corrected chi connectivity index (χ1v) is 6.01. The molecule has 2 rings (SSSR count). The zero-order chi connectivity index (χ0) is 11.9. The van der Waals surface area contributed by atoms with E-state index in [1.54, 1.807) is 0 Å². The number of rotatable bonds is 1. The second kappa shape index (κ2) is 5.98. The van der Waals surface area contributed by atoms with Crippen LogP contribution in [0.3, 0.4) is 0 Å². The lowest BCUT2D eigenvalue weighted by Gasteiger charge is -2.23. The molecule has 0 heterocycles. The van der Waals surface area contributed by atoms with Crippen molar-refractivity contribution in [2.75, 3.05) is 0 Å². The molecule has 1 aromatic rings. The van der Waals surface area contributed by atoms with Gasteiger partial charge in [-0.15, -0.1) is 0 Å². The molecular weight excluding hydrogens is 210 g/mol. The van der Waals surface area contributed by atoms with Crippen molar-refractivity contribution in [3.63, 3.8) is 0 Å². The van der Waals surface area contributed by atoms with E-state index < -0.39 is 0 Å². The first-order chi connectivity index (χ1) is 8.40. The molecule has 3 heteroatoms. The summed E-state index contributed by atoms with van der Waals surface area (Å²) in [5.74, 6) is 6.65. The van der Waals surface area contributed by atoms with Gasteiger partial charge in [0.1, 0.15) is 0 Å². The second-order valence-electron chi connectivity index (χ2n) is 4.30. The maximum absolute atomic E-state index is 8.53. The number of nitrogens with zero attached hydrogens (tertiary/aromatic N) is 3. The minimum absolute atomic E-state index is 0.0602. The standard InChI is InChI=1S/C14H15N3/c15-17-16-14-9-5-4-8-13(14)11-10-12-6-2-1-3-7-12/h1-3,6-7,13-14H,4-5,8-9H2. The molecule has 0 radical (unpaired) electrons. The quantitative estimate of drug-likeness (QED) is 0.301. The fraction of sp³-hybridized carbons (Fsp3) is 0.429. The van der Waals surface area contributed by atoms with Gasteiger partial charge in [-0.2, -0.15) is 0 Å². The Morgan fingerprint density at radius 3 is 2.71 bits per heavy atom. The van der Waals surface area contributed by atoms with Crippen molar-refractivity contribution in [2.45, 2.75) is 31.7 Å². The second-order valence-corrected chi connectivity index (χ2v) is 4.30. The van der Waals surface area contributed by atoms with Crippen molar-refractivity contribution >= 4 is 0 Å². The van der Waals surface area contributed by atoms with Gasteiger partial charge >= 0.3 is 0 Å². The highest BCUT2D eigenvalue weighted by molar-refractivity contribution is 5.34. The summed E-state index contributed by atoms with van der Waals surface area (Å²) in [6, 6.07) is 10.0. The van der Waals surface area contributed by atoms with Crippen molar-refractivity contribution in [2.24, 2.45) is 11.0 Å². The molecule has 0 aliphatic heterocycles. The molecule has 0 N–H and O–H groups in total. The monoisotopic (exact) mass is 225 g/mol. The minimum atomic E-state index is 0.0602. The van der Waals surface area contributed by atoms with Crippen LogP contribution in [0.15, 0.2) is 35.4 Å². The van der Waals surface area contributed by atoms with E-state index in [1.807, 2.05) is 30.3 Å². The van der Waals surface area contributed by atoms with E-state index in [4.69, 9.17) is 5.53 Å². The van der Waals surface area contributed by atoms with E-state index in [9.17, 15) is 0 Å². The van der Waals surface area contributed by atoms with Gasteiger partial charge in [0.05, 0.1) is 6.04 Å². The van der Waals surface area contributed by atoms with Crippen LogP contribution < -0.4 is 0 Å². The SMILES string of the molecule is [N-]=[N+]=NC1CCCCC1C#Cc1ccccc1. The smallest absolute Gasteiger partial charge is 0.0511 e. The first kappa shape index (κ1) is 11.6. The van der Waals surface area contributed by atoms with Gasteiger partial charge in [-0.25, -0.2) is 0 Å². The van der Waals surface area contributed by atoms with Gasteiger partial charge in [0.2, 0.25) is 0 Å². The molecule has 1 fully saturated rings. The minimum Gasteiger partial charge on any atom is -0.0941 e. The Kier molecular flexibility index (Phi) is 4.07.